The molecule has 0 spiro atoms. The van der Waals surface area contributed by atoms with E-state index < -0.39 is 12.0 Å². The molecule has 2 aromatic rings. The standard InChI is InChI=1S/C15H17N3O3/c1-11(18-10-13(9-17-18)15(20)21)14(19)16-8-7-12-5-3-2-4-6-12/h2-6,9-11H,7-8H2,1H3,(H,16,19)(H,20,21). The van der Waals surface area contributed by atoms with E-state index in [1.165, 1.54) is 17.1 Å². The maximum Gasteiger partial charge on any atom is 0.338 e. The summed E-state index contributed by atoms with van der Waals surface area (Å²) >= 11 is 0. The first-order valence-corrected chi connectivity index (χ1v) is 6.67. The molecule has 0 bridgehead atoms. The van der Waals surface area contributed by atoms with Crippen molar-refractivity contribution in [2.24, 2.45) is 0 Å². The number of rotatable bonds is 6. The first-order chi connectivity index (χ1) is 10.1. The van der Waals surface area contributed by atoms with Crippen LogP contribution in [0.25, 0.3) is 0 Å². The molecule has 2 rings (SSSR count). The van der Waals surface area contributed by atoms with Crippen LogP contribution in [0.1, 0.15) is 28.9 Å². The largest absolute Gasteiger partial charge is 0.478 e. The van der Waals surface area contributed by atoms with E-state index in [9.17, 15) is 9.59 Å². The van der Waals surface area contributed by atoms with Crippen LogP contribution < -0.4 is 5.32 Å². The van der Waals surface area contributed by atoms with Gasteiger partial charge in [0.25, 0.3) is 0 Å². The van der Waals surface area contributed by atoms with E-state index in [0.717, 1.165) is 12.0 Å². The van der Waals surface area contributed by atoms with E-state index in [1.54, 1.807) is 6.92 Å². The second-order valence-electron chi connectivity index (χ2n) is 4.72. The predicted molar refractivity (Wildman–Crippen MR) is 77.1 cm³/mol. The maximum atomic E-state index is 12.0. The number of aromatic carboxylic acids is 1. The summed E-state index contributed by atoms with van der Waals surface area (Å²) in [6, 6.07) is 9.31. The molecular weight excluding hydrogens is 270 g/mol. The Morgan fingerprint density at radius 3 is 2.67 bits per heavy atom. The van der Waals surface area contributed by atoms with Crippen LogP contribution in [0.3, 0.4) is 0 Å². The van der Waals surface area contributed by atoms with Crippen LogP contribution in [0.4, 0.5) is 0 Å². The van der Waals surface area contributed by atoms with Gasteiger partial charge in [-0.05, 0) is 18.9 Å². The van der Waals surface area contributed by atoms with Gasteiger partial charge in [-0.1, -0.05) is 30.3 Å². The smallest absolute Gasteiger partial charge is 0.338 e. The van der Waals surface area contributed by atoms with Crippen molar-refractivity contribution in [1.82, 2.24) is 15.1 Å². The molecule has 1 aromatic carbocycles. The van der Waals surface area contributed by atoms with Gasteiger partial charge < -0.3 is 10.4 Å². The summed E-state index contributed by atoms with van der Waals surface area (Å²) < 4.78 is 1.35. The summed E-state index contributed by atoms with van der Waals surface area (Å²) in [5.74, 6) is -1.25. The number of carbonyl (C=O) groups excluding carboxylic acids is 1. The number of hydrogen-bond donors (Lipinski definition) is 2. The van der Waals surface area contributed by atoms with E-state index in [0.29, 0.717) is 6.54 Å². The molecule has 110 valence electrons. The Hall–Kier alpha value is -2.63. The Labute approximate surface area is 122 Å². The molecule has 6 nitrogen and oxygen atoms in total. The molecule has 0 aliphatic carbocycles. The van der Waals surface area contributed by atoms with Gasteiger partial charge in [0.15, 0.2) is 0 Å². The lowest BCUT2D eigenvalue weighted by molar-refractivity contribution is -0.124. The molecule has 1 heterocycles. The van der Waals surface area contributed by atoms with Crippen LogP contribution in [0.15, 0.2) is 42.7 Å². The van der Waals surface area contributed by atoms with E-state index in [1.807, 2.05) is 30.3 Å². The van der Waals surface area contributed by atoms with Gasteiger partial charge in [-0.2, -0.15) is 5.10 Å². The summed E-state index contributed by atoms with van der Waals surface area (Å²) in [6.07, 6.45) is 3.33. The van der Waals surface area contributed by atoms with Gasteiger partial charge in [0.05, 0.1) is 11.8 Å². The Morgan fingerprint density at radius 1 is 1.33 bits per heavy atom. The number of benzene rings is 1. The highest BCUT2D eigenvalue weighted by molar-refractivity contribution is 5.87. The highest BCUT2D eigenvalue weighted by Gasteiger charge is 2.17. The van der Waals surface area contributed by atoms with Crippen LogP contribution >= 0.6 is 0 Å². The Balaban J connectivity index is 1.86. The lowest BCUT2D eigenvalue weighted by Crippen LogP contribution is -2.32. The number of carboxylic acid groups (broad SMARTS) is 1. The quantitative estimate of drug-likeness (QED) is 0.843. The monoisotopic (exact) mass is 287 g/mol. The number of carbonyl (C=O) groups is 2. The van der Waals surface area contributed by atoms with E-state index in [4.69, 9.17) is 5.11 Å². The van der Waals surface area contributed by atoms with Crippen LogP contribution in [0, 0.1) is 0 Å². The van der Waals surface area contributed by atoms with Gasteiger partial charge >= 0.3 is 5.97 Å². The third-order valence-corrected chi connectivity index (χ3v) is 3.18. The lowest BCUT2D eigenvalue weighted by Gasteiger charge is -2.12. The molecule has 21 heavy (non-hydrogen) atoms. The number of aromatic nitrogens is 2. The third-order valence-electron chi connectivity index (χ3n) is 3.18. The average Bonchev–Trinajstić information content (AvgIpc) is 2.97. The van der Waals surface area contributed by atoms with Crippen molar-refractivity contribution in [3.8, 4) is 0 Å². The summed E-state index contributed by atoms with van der Waals surface area (Å²) in [4.78, 5) is 22.8. The molecule has 1 unspecified atom stereocenters. The van der Waals surface area contributed by atoms with Crippen molar-refractivity contribution in [3.05, 3.63) is 53.9 Å². The first kappa shape index (κ1) is 14.8. The Morgan fingerprint density at radius 2 is 2.05 bits per heavy atom. The summed E-state index contributed by atoms with van der Waals surface area (Å²) in [7, 11) is 0. The molecule has 1 atom stereocenters. The molecule has 0 aliphatic rings. The van der Waals surface area contributed by atoms with Crippen molar-refractivity contribution in [2.75, 3.05) is 6.54 Å². The van der Waals surface area contributed by atoms with Gasteiger partial charge in [0.2, 0.25) is 5.91 Å². The zero-order valence-corrected chi connectivity index (χ0v) is 11.7. The normalized spacial score (nSPS) is 11.9. The zero-order valence-electron chi connectivity index (χ0n) is 11.7. The van der Waals surface area contributed by atoms with Crippen LogP contribution in [-0.4, -0.2) is 33.3 Å². The Bertz CT molecular complexity index is 622. The van der Waals surface area contributed by atoms with E-state index in [-0.39, 0.29) is 11.5 Å². The van der Waals surface area contributed by atoms with Gasteiger partial charge in [-0.3, -0.25) is 9.48 Å². The van der Waals surface area contributed by atoms with E-state index in [2.05, 4.69) is 10.4 Å². The molecule has 0 fully saturated rings. The molecule has 2 N–H and O–H groups in total. The van der Waals surface area contributed by atoms with Crippen molar-refractivity contribution < 1.29 is 14.7 Å². The fraction of sp³-hybridized carbons (Fsp3) is 0.267. The molecule has 0 radical (unpaired) electrons. The average molecular weight is 287 g/mol. The van der Waals surface area contributed by atoms with Crippen molar-refractivity contribution in [1.29, 1.82) is 0 Å². The highest BCUT2D eigenvalue weighted by Crippen LogP contribution is 2.07. The number of nitrogens with zero attached hydrogens (tertiary/aromatic N) is 2. The summed E-state index contributed by atoms with van der Waals surface area (Å²) in [5, 5.41) is 15.6. The van der Waals surface area contributed by atoms with Crippen LogP contribution in [-0.2, 0) is 11.2 Å². The number of nitrogens with one attached hydrogen (secondary N) is 1. The maximum absolute atomic E-state index is 12.0. The fourth-order valence-electron chi connectivity index (χ4n) is 1.90. The molecule has 0 saturated carbocycles. The SMILES string of the molecule is CC(C(=O)NCCc1ccccc1)n1cc(C(=O)O)cn1. The second kappa shape index (κ2) is 6.69. The molecule has 1 aromatic heterocycles. The van der Waals surface area contributed by atoms with Crippen LogP contribution in [0.5, 0.6) is 0 Å². The minimum absolute atomic E-state index is 0.0685. The molecule has 0 aliphatic heterocycles. The van der Waals surface area contributed by atoms with E-state index >= 15 is 0 Å². The van der Waals surface area contributed by atoms with Crippen LogP contribution in [0.2, 0.25) is 0 Å². The number of amides is 1. The van der Waals surface area contributed by atoms with Crippen molar-refractivity contribution in [2.45, 2.75) is 19.4 Å². The fourth-order valence-corrected chi connectivity index (χ4v) is 1.90. The zero-order chi connectivity index (χ0) is 15.2. The van der Waals surface area contributed by atoms with Crippen molar-refractivity contribution >= 4 is 11.9 Å². The third kappa shape index (κ3) is 3.92. The highest BCUT2D eigenvalue weighted by atomic mass is 16.4. The molecular formula is C15H17N3O3. The molecule has 6 heteroatoms. The van der Waals surface area contributed by atoms with Gasteiger partial charge in [-0.25, -0.2) is 4.79 Å². The molecule has 1 amide bonds. The van der Waals surface area contributed by atoms with Crippen molar-refractivity contribution in [3.63, 3.8) is 0 Å². The minimum Gasteiger partial charge on any atom is -0.478 e. The van der Waals surface area contributed by atoms with Gasteiger partial charge in [0, 0.05) is 12.7 Å². The second-order valence-corrected chi connectivity index (χ2v) is 4.72. The molecule has 0 saturated heterocycles. The predicted octanol–water partition coefficient (Wildman–Crippen LogP) is 1.50. The first-order valence-electron chi connectivity index (χ1n) is 6.67. The summed E-state index contributed by atoms with van der Waals surface area (Å²) in [6.45, 7) is 2.21. The van der Waals surface area contributed by atoms with Gasteiger partial charge in [0.1, 0.15) is 6.04 Å². The Kier molecular flexibility index (Phi) is 4.71. The van der Waals surface area contributed by atoms with Gasteiger partial charge in [-0.15, -0.1) is 0 Å². The number of carboxylic acids is 1. The topological polar surface area (TPSA) is 84.2 Å². The lowest BCUT2D eigenvalue weighted by atomic mass is 10.1. The summed E-state index contributed by atoms with van der Waals surface area (Å²) in [5.41, 5.74) is 1.22. The minimum atomic E-state index is -1.06. The number of hydrogen-bond acceptors (Lipinski definition) is 3.